The van der Waals surface area contributed by atoms with E-state index in [9.17, 15) is 13.2 Å². The molecule has 1 aromatic heterocycles. The molecule has 3 aromatic rings. The van der Waals surface area contributed by atoms with Crippen LogP contribution >= 0.6 is 0 Å². The standard InChI is InChI=1S/C24H24N2O5S/c1-23(14-31-15-23)16-8-9-20(30-2)18(13-16)24(10-11-24)22(27)26-32(28,29)21-7-3-6-19-17(21)5-4-12-25-19/h3-9,12-13H,10-11,14-15H2,1-2H3,(H,26,27). The summed E-state index contributed by atoms with van der Waals surface area (Å²) in [5, 5.41) is 0.470. The van der Waals surface area contributed by atoms with Crippen LogP contribution in [0.1, 0.15) is 30.9 Å². The normalized spacial score (nSPS) is 18.6. The fraction of sp³-hybridized carbons (Fsp3) is 0.333. The van der Waals surface area contributed by atoms with Crippen molar-refractivity contribution in [3.63, 3.8) is 0 Å². The summed E-state index contributed by atoms with van der Waals surface area (Å²) in [6.07, 6.45) is 2.71. The van der Waals surface area contributed by atoms with E-state index in [1.807, 2.05) is 18.2 Å². The van der Waals surface area contributed by atoms with Crippen molar-refractivity contribution in [1.29, 1.82) is 0 Å². The minimum absolute atomic E-state index is 0.0343. The van der Waals surface area contributed by atoms with Crippen LogP contribution in [0.2, 0.25) is 0 Å². The molecule has 5 rings (SSSR count). The lowest BCUT2D eigenvalue weighted by Gasteiger charge is -2.39. The fourth-order valence-corrected chi connectivity index (χ4v) is 5.63. The van der Waals surface area contributed by atoms with Crippen LogP contribution in [0, 0.1) is 0 Å². The second-order valence-electron chi connectivity index (χ2n) is 8.81. The molecule has 2 heterocycles. The lowest BCUT2D eigenvalue weighted by Crippen LogP contribution is -2.44. The van der Waals surface area contributed by atoms with Gasteiger partial charge in [-0.15, -0.1) is 0 Å². The zero-order valence-corrected chi connectivity index (χ0v) is 18.7. The summed E-state index contributed by atoms with van der Waals surface area (Å²) in [6, 6.07) is 14.0. The molecule has 2 aromatic carbocycles. The highest BCUT2D eigenvalue weighted by Crippen LogP contribution is 2.52. The van der Waals surface area contributed by atoms with E-state index in [0.717, 1.165) is 11.1 Å². The van der Waals surface area contributed by atoms with Gasteiger partial charge < -0.3 is 9.47 Å². The summed E-state index contributed by atoms with van der Waals surface area (Å²) in [6.45, 7) is 3.34. The Labute approximate surface area is 186 Å². The molecule has 32 heavy (non-hydrogen) atoms. The minimum atomic E-state index is -4.09. The number of sulfonamides is 1. The zero-order valence-electron chi connectivity index (χ0n) is 17.9. The first-order chi connectivity index (χ1) is 15.3. The predicted octanol–water partition coefficient (Wildman–Crippen LogP) is 3.07. The number of amides is 1. The number of ether oxygens (including phenoxy) is 2. The number of methoxy groups -OCH3 is 1. The molecule has 0 radical (unpaired) electrons. The Morgan fingerprint density at radius 2 is 1.91 bits per heavy atom. The van der Waals surface area contributed by atoms with E-state index in [1.54, 1.807) is 37.6 Å². The Bertz CT molecular complexity index is 1320. The number of carbonyl (C=O) groups is 1. The van der Waals surface area contributed by atoms with Gasteiger partial charge in [-0.3, -0.25) is 9.78 Å². The first-order valence-corrected chi connectivity index (χ1v) is 12.0. The maximum absolute atomic E-state index is 13.4. The van der Waals surface area contributed by atoms with Crippen molar-refractivity contribution >= 4 is 26.8 Å². The van der Waals surface area contributed by atoms with Gasteiger partial charge in [0, 0.05) is 22.6 Å². The van der Waals surface area contributed by atoms with Crippen molar-refractivity contribution < 1.29 is 22.7 Å². The van der Waals surface area contributed by atoms with Crippen molar-refractivity contribution in [2.75, 3.05) is 20.3 Å². The number of carbonyl (C=O) groups excluding carboxylic acids is 1. The molecular weight excluding hydrogens is 428 g/mol. The molecular formula is C24H24N2O5S. The monoisotopic (exact) mass is 452 g/mol. The third kappa shape index (κ3) is 3.25. The lowest BCUT2D eigenvalue weighted by atomic mass is 9.78. The van der Waals surface area contributed by atoms with E-state index in [0.29, 0.717) is 42.7 Å². The Hall–Kier alpha value is -2.97. The first kappa shape index (κ1) is 20.9. The van der Waals surface area contributed by atoms with Gasteiger partial charge in [-0.05, 0) is 48.7 Å². The van der Waals surface area contributed by atoms with Gasteiger partial charge in [0.05, 0.1) is 36.2 Å². The number of pyridine rings is 1. The number of rotatable bonds is 6. The average molecular weight is 453 g/mol. The molecule has 8 heteroatoms. The molecule has 1 saturated heterocycles. The number of hydrogen-bond acceptors (Lipinski definition) is 6. The fourth-order valence-electron chi connectivity index (χ4n) is 4.36. The Morgan fingerprint density at radius 3 is 2.56 bits per heavy atom. The third-order valence-corrected chi connectivity index (χ3v) is 7.95. The maximum atomic E-state index is 13.4. The van der Waals surface area contributed by atoms with Gasteiger partial charge in [0.2, 0.25) is 5.91 Å². The Morgan fingerprint density at radius 1 is 1.12 bits per heavy atom. The summed E-state index contributed by atoms with van der Waals surface area (Å²) in [5.41, 5.74) is 1.28. The Kier molecular flexibility index (Phi) is 4.76. The highest BCUT2D eigenvalue weighted by atomic mass is 32.2. The highest BCUT2D eigenvalue weighted by Gasteiger charge is 2.54. The van der Waals surface area contributed by atoms with Crippen molar-refractivity contribution in [3.05, 3.63) is 65.9 Å². The first-order valence-electron chi connectivity index (χ1n) is 10.5. The lowest BCUT2D eigenvalue weighted by molar-refractivity contribution is -0.121. The average Bonchev–Trinajstić information content (AvgIpc) is 3.58. The Balaban J connectivity index is 1.50. The molecule has 1 aliphatic heterocycles. The van der Waals surface area contributed by atoms with Crippen LogP contribution in [-0.4, -0.2) is 39.6 Å². The van der Waals surface area contributed by atoms with E-state index in [4.69, 9.17) is 9.47 Å². The van der Waals surface area contributed by atoms with Crippen LogP contribution in [0.3, 0.4) is 0 Å². The molecule has 166 valence electrons. The summed E-state index contributed by atoms with van der Waals surface area (Å²) in [4.78, 5) is 17.6. The molecule has 1 amide bonds. The number of hydrogen-bond donors (Lipinski definition) is 1. The molecule has 1 saturated carbocycles. The molecule has 2 aliphatic rings. The number of fused-ring (bicyclic) bond motifs is 1. The molecule has 7 nitrogen and oxygen atoms in total. The van der Waals surface area contributed by atoms with Crippen LogP contribution in [-0.2, 0) is 30.4 Å². The second kappa shape index (κ2) is 7.28. The molecule has 1 aliphatic carbocycles. The topological polar surface area (TPSA) is 94.6 Å². The van der Waals surface area contributed by atoms with Gasteiger partial charge in [-0.25, -0.2) is 13.1 Å². The smallest absolute Gasteiger partial charge is 0.264 e. The van der Waals surface area contributed by atoms with Crippen LogP contribution in [0.4, 0.5) is 0 Å². The SMILES string of the molecule is COc1ccc(C2(C)COC2)cc1C1(C(=O)NS(=O)(=O)c2cccc3ncccc23)CC1. The van der Waals surface area contributed by atoms with E-state index in [-0.39, 0.29) is 10.3 Å². The van der Waals surface area contributed by atoms with Crippen molar-refractivity contribution in [1.82, 2.24) is 9.71 Å². The summed E-state index contributed by atoms with van der Waals surface area (Å²) in [5.74, 6) is 0.0425. The quantitative estimate of drug-likeness (QED) is 0.618. The molecule has 2 fully saturated rings. The van der Waals surface area contributed by atoms with Gasteiger partial charge >= 0.3 is 0 Å². The van der Waals surface area contributed by atoms with Crippen LogP contribution in [0.15, 0.2) is 59.6 Å². The van der Waals surface area contributed by atoms with E-state index < -0.39 is 21.3 Å². The summed E-state index contributed by atoms with van der Waals surface area (Å²) in [7, 11) is -2.53. The second-order valence-corrected chi connectivity index (χ2v) is 10.5. The van der Waals surface area contributed by atoms with Gasteiger partial charge in [0.1, 0.15) is 5.75 Å². The van der Waals surface area contributed by atoms with E-state index >= 15 is 0 Å². The summed E-state index contributed by atoms with van der Waals surface area (Å²) >= 11 is 0. The predicted molar refractivity (Wildman–Crippen MR) is 119 cm³/mol. The van der Waals surface area contributed by atoms with Gasteiger partial charge in [-0.2, -0.15) is 0 Å². The van der Waals surface area contributed by atoms with Crippen LogP contribution < -0.4 is 9.46 Å². The molecule has 0 spiro atoms. The maximum Gasteiger partial charge on any atom is 0.264 e. The summed E-state index contributed by atoms with van der Waals surface area (Å²) < 4.78 is 39.6. The van der Waals surface area contributed by atoms with Gasteiger partial charge in [-0.1, -0.05) is 25.1 Å². The van der Waals surface area contributed by atoms with Gasteiger partial charge in [0.15, 0.2) is 0 Å². The molecule has 0 atom stereocenters. The number of nitrogens with zero attached hydrogens (tertiary/aromatic N) is 1. The largest absolute Gasteiger partial charge is 0.496 e. The van der Waals surface area contributed by atoms with Crippen molar-refractivity contribution in [3.8, 4) is 5.75 Å². The van der Waals surface area contributed by atoms with Gasteiger partial charge in [0.25, 0.3) is 10.0 Å². The van der Waals surface area contributed by atoms with Crippen molar-refractivity contribution in [2.24, 2.45) is 0 Å². The minimum Gasteiger partial charge on any atom is -0.496 e. The van der Waals surface area contributed by atoms with Crippen molar-refractivity contribution in [2.45, 2.75) is 35.5 Å². The van der Waals surface area contributed by atoms with E-state index in [2.05, 4.69) is 16.6 Å². The van der Waals surface area contributed by atoms with Crippen LogP contribution in [0.25, 0.3) is 10.9 Å². The zero-order chi connectivity index (χ0) is 22.6. The molecule has 1 N–H and O–H groups in total. The number of benzene rings is 2. The number of aromatic nitrogens is 1. The van der Waals surface area contributed by atoms with E-state index in [1.165, 1.54) is 6.07 Å². The van der Waals surface area contributed by atoms with Crippen LogP contribution in [0.5, 0.6) is 5.75 Å². The highest BCUT2D eigenvalue weighted by molar-refractivity contribution is 7.90. The molecule has 0 bridgehead atoms. The number of nitrogens with one attached hydrogen (secondary N) is 1. The third-order valence-electron chi connectivity index (χ3n) is 6.56. The molecule has 0 unspecified atom stereocenters.